The number of aryl methyl sites for hydroxylation is 1. The van der Waals surface area contributed by atoms with Crippen molar-refractivity contribution in [1.29, 1.82) is 0 Å². The number of hydrogen-bond donors (Lipinski definition) is 3. The van der Waals surface area contributed by atoms with Gasteiger partial charge >= 0.3 is 0 Å². The summed E-state index contributed by atoms with van der Waals surface area (Å²) >= 11 is 12.2. The van der Waals surface area contributed by atoms with Crippen LogP contribution < -0.4 is 9.44 Å². The van der Waals surface area contributed by atoms with E-state index >= 15 is 0 Å². The maximum atomic E-state index is 13.4. The van der Waals surface area contributed by atoms with E-state index in [2.05, 4.69) is 14.4 Å². The molecule has 35 heavy (non-hydrogen) atoms. The number of nitrogens with one attached hydrogen (secondary N) is 2. The van der Waals surface area contributed by atoms with Crippen LogP contribution in [0.5, 0.6) is 5.75 Å². The molecule has 0 bridgehead atoms. The van der Waals surface area contributed by atoms with Gasteiger partial charge in [-0.05, 0) is 55.3 Å². The van der Waals surface area contributed by atoms with Gasteiger partial charge in [0.25, 0.3) is 20.0 Å². The van der Waals surface area contributed by atoms with Crippen LogP contribution >= 0.6 is 23.2 Å². The van der Waals surface area contributed by atoms with Crippen LogP contribution in [0.4, 0.5) is 11.4 Å². The molecule has 0 fully saturated rings. The van der Waals surface area contributed by atoms with Crippen LogP contribution in [0.25, 0.3) is 11.1 Å². The molecule has 3 N–H and O–H groups in total. The minimum absolute atomic E-state index is 0.0267. The molecule has 0 aliphatic carbocycles. The summed E-state index contributed by atoms with van der Waals surface area (Å²) in [6.45, 7) is 4.67. The van der Waals surface area contributed by atoms with Crippen LogP contribution in [0.3, 0.4) is 0 Å². The van der Waals surface area contributed by atoms with Crippen molar-refractivity contribution in [3.8, 4) is 5.75 Å². The number of aromatic hydroxyl groups is 1. The van der Waals surface area contributed by atoms with Gasteiger partial charge < -0.3 is 9.52 Å². The van der Waals surface area contributed by atoms with E-state index in [9.17, 15) is 21.9 Å². The van der Waals surface area contributed by atoms with Gasteiger partial charge in [-0.1, -0.05) is 35.3 Å². The Bertz CT molecular complexity index is 1700. The lowest BCUT2D eigenvalue weighted by molar-refractivity contribution is 0.463. The molecule has 0 atom stereocenters. The lowest BCUT2D eigenvalue weighted by Gasteiger charge is -2.15. The molecule has 184 valence electrons. The normalized spacial score (nSPS) is 12.1. The molecule has 0 saturated heterocycles. The van der Waals surface area contributed by atoms with Crippen LogP contribution in [-0.2, 0) is 20.0 Å². The van der Waals surface area contributed by atoms with E-state index in [1.165, 1.54) is 19.1 Å². The first-order chi connectivity index (χ1) is 16.3. The highest BCUT2D eigenvalue weighted by atomic mass is 35.5. The highest BCUT2D eigenvalue weighted by molar-refractivity contribution is 7.93. The van der Waals surface area contributed by atoms with E-state index in [1.54, 1.807) is 38.1 Å². The van der Waals surface area contributed by atoms with E-state index < -0.39 is 35.6 Å². The molecule has 4 aromatic rings. The van der Waals surface area contributed by atoms with Gasteiger partial charge in [0.2, 0.25) is 0 Å². The Labute approximate surface area is 211 Å². The van der Waals surface area contributed by atoms with Crippen molar-refractivity contribution in [3.63, 3.8) is 0 Å². The summed E-state index contributed by atoms with van der Waals surface area (Å²) in [4.78, 5) is 2.75. The third kappa shape index (κ3) is 4.64. The van der Waals surface area contributed by atoms with Crippen molar-refractivity contribution in [3.05, 3.63) is 69.5 Å². The Morgan fingerprint density at radius 3 is 1.83 bits per heavy atom. The second-order valence-electron chi connectivity index (χ2n) is 7.67. The first kappa shape index (κ1) is 25.1. The number of benzene rings is 3. The van der Waals surface area contributed by atoms with Gasteiger partial charge in [-0.2, -0.15) is 0 Å². The van der Waals surface area contributed by atoms with E-state index in [4.69, 9.17) is 27.6 Å². The smallest absolute Gasteiger partial charge is 0.265 e. The number of aromatic nitrogens is 1. The average Bonchev–Trinajstić information content (AvgIpc) is 3.16. The van der Waals surface area contributed by atoms with Crippen molar-refractivity contribution in [2.45, 2.75) is 30.6 Å². The molecule has 13 heteroatoms. The van der Waals surface area contributed by atoms with Crippen molar-refractivity contribution in [1.82, 2.24) is 4.98 Å². The molecule has 0 aliphatic rings. The topological polar surface area (TPSA) is 139 Å². The lowest BCUT2D eigenvalue weighted by atomic mass is 10.2. The van der Waals surface area contributed by atoms with Crippen LogP contribution in [0, 0.1) is 20.8 Å². The SMILES string of the molecule is Cc1nc2c(O)c(S(=O)(=O)Nc3cccc(Cl)c3C)cc(S(=O)(=O)Nc3cccc(Cl)c3C)c2o1. The number of rotatable bonds is 6. The predicted molar refractivity (Wildman–Crippen MR) is 134 cm³/mol. The van der Waals surface area contributed by atoms with E-state index in [1.807, 2.05) is 0 Å². The monoisotopic (exact) mass is 555 g/mol. The third-order valence-electron chi connectivity index (χ3n) is 5.28. The largest absolute Gasteiger partial charge is 0.504 e. The minimum atomic E-state index is -4.49. The maximum absolute atomic E-state index is 13.4. The van der Waals surface area contributed by atoms with Crippen LogP contribution in [0.15, 0.2) is 56.7 Å². The number of anilines is 2. The van der Waals surface area contributed by atoms with Crippen LogP contribution in [-0.4, -0.2) is 26.9 Å². The number of phenolic OH excluding ortho intramolecular Hbond substituents is 1. The summed E-state index contributed by atoms with van der Waals surface area (Å²) in [7, 11) is -8.91. The molecule has 3 aromatic carbocycles. The van der Waals surface area contributed by atoms with Crippen LogP contribution in [0.2, 0.25) is 10.0 Å². The van der Waals surface area contributed by atoms with Gasteiger partial charge in [0.1, 0.15) is 9.79 Å². The van der Waals surface area contributed by atoms with Gasteiger partial charge in [0, 0.05) is 17.0 Å². The predicted octanol–water partition coefficient (Wildman–Crippen LogP) is 5.37. The second-order valence-corrected chi connectivity index (χ2v) is 11.8. The number of phenols is 1. The number of halogens is 2. The Kier molecular flexibility index (Phi) is 6.39. The first-order valence-corrected chi connectivity index (χ1v) is 13.7. The molecule has 9 nitrogen and oxygen atoms in total. The Hall–Kier alpha value is -2.99. The van der Waals surface area contributed by atoms with Crippen molar-refractivity contribution >= 4 is 65.7 Å². The fourth-order valence-corrected chi connectivity index (χ4v) is 6.31. The molecular formula is C22H19Cl2N3O6S2. The van der Waals surface area contributed by atoms with Crippen LogP contribution in [0.1, 0.15) is 17.0 Å². The zero-order chi connectivity index (χ0) is 25.7. The molecule has 4 rings (SSSR count). The third-order valence-corrected chi connectivity index (χ3v) is 8.85. The zero-order valence-electron chi connectivity index (χ0n) is 18.5. The van der Waals surface area contributed by atoms with Gasteiger partial charge in [-0.15, -0.1) is 0 Å². The van der Waals surface area contributed by atoms with E-state index in [0.717, 1.165) is 6.07 Å². The maximum Gasteiger partial charge on any atom is 0.265 e. The van der Waals surface area contributed by atoms with Crippen molar-refractivity contribution < 1.29 is 26.4 Å². The first-order valence-electron chi connectivity index (χ1n) is 10.0. The molecule has 0 saturated carbocycles. The summed E-state index contributed by atoms with van der Waals surface area (Å²) in [6, 6.07) is 10.1. The van der Waals surface area contributed by atoms with Gasteiger partial charge in [-0.3, -0.25) is 9.44 Å². The summed E-state index contributed by atoms with van der Waals surface area (Å²) in [6.07, 6.45) is 0. The lowest BCUT2D eigenvalue weighted by Crippen LogP contribution is -2.17. The zero-order valence-corrected chi connectivity index (χ0v) is 21.7. The minimum Gasteiger partial charge on any atom is -0.504 e. The highest BCUT2D eigenvalue weighted by Crippen LogP contribution is 2.39. The Balaban J connectivity index is 1.90. The molecule has 0 spiro atoms. The molecule has 1 aromatic heterocycles. The quantitative estimate of drug-likeness (QED) is 0.290. The Morgan fingerprint density at radius 1 is 0.829 bits per heavy atom. The summed E-state index contributed by atoms with van der Waals surface area (Å²) < 4.78 is 63.5. The number of hydrogen-bond acceptors (Lipinski definition) is 7. The summed E-state index contributed by atoms with van der Waals surface area (Å²) in [5.41, 5.74) is 0.632. The number of sulfonamides is 2. The number of oxazole rings is 1. The molecule has 0 amide bonds. The molecule has 1 heterocycles. The molecule has 0 aliphatic heterocycles. The van der Waals surface area contributed by atoms with E-state index in [-0.39, 0.29) is 28.4 Å². The van der Waals surface area contributed by atoms with E-state index in [0.29, 0.717) is 21.2 Å². The summed E-state index contributed by atoms with van der Waals surface area (Å²) in [5.74, 6) is -0.735. The fraction of sp³-hybridized carbons (Fsp3) is 0.136. The van der Waals surface area contributed by atoms with Gasteiger partial charge in [-0.25, -0.2) is 21.8 Å². The number of fused-ring (bicyclic) bond motifs is 1. The number of nitrogens with zero attached hydrogens (tertiary/aromatic N) is 1. The Morgan fingerprint density at radius 2 is 1.31 bits per heavy atom. The average molecular weight is 556 g/mol. The molecule has 0 radical (unpaired) electrons. The van der Waals surface area contributed by atoms with Crippen molar-refractivity contribution in [2.75, 3.05) is 9.44 Å². The summed E-state index contributed by atoms with van der Waals surface area (Å²) in [5, 5.41) is 11.4. The van der Waals surface area contributed by atoms with Gasteiger partial charge in [0.15, 0.2) is 22.7 Å². The fourth-order valence-electron chi connectivity index (χ4n) is 3.36. The molecular weight excluding hydrogens is 537 g/mol. The molecule has 0 unspecified atom stereocenters. The second kappa shape index (κ2) is 8.90. The van der Waals surface area contributed by atoms with Gasteiger partial charge in [0.05, 0.1) is 11.4 Å². The standard InChI is InChI=1S/C22H19Cl2N3O6S2/c1-11-14(23)6-4-8-16(11)26-34(29,30)18-10-19(22-20(21(18)28)25-13(3)33-22)35(31,32)27-17-9-5-7-15(24)12(17)2/h4-10,26-28H,1-3H3. The highest BCUT2D eigenvalue weighted by Gasteiger charge is 2.31. The van der Waals surface area contributed by atoms with Crippen molar-refractivity contribution in [2.24, 2.45) is 0 Å².